The number of fused-ring (bicyclic) bond motifs is 2. The Kier molecular flexibility index (Phi) is 5.74. The average Bonchev–Trinajstić information content (AvgIpc) is 3.31. The average molecular weight is 436 g/mol. The number of ether oxygens (including phenoxy) is 2. The molecule has 3 heterocycles. The second kappa shape index (κ2) is 8.82. The fourth-order valence-electron chi connectivity index (χ4n) is 4.87. The van der Waals surface area contributed by atoms with E-state index in [9.17, 15) is 9.59 Å². The van der Waals surface area contributed by atoms with E-state index < -0.39 is 0 Å². The number of amides is 2. The lowest BCUT2D eigenvalue weighted by Gasteiger charge is -2.38. The standard InChI is InChI=1S/C25H29N3O4/c1-17(25(30)28-13-8-18-4-2-3-5-20(18)15-28)27-11-9-19(10-12-27)24(29)26-21-6-7-22-23(14-21)32-16-31-22/h2-7,14,17,19H,8-13,15-16H2,1H3,(H,26,29). The molecule has 0 aliphatic carbocycles. The van der Waals surface area contributed by atoms with Gasteiger partial charge in [0.15, 0.2) is 11.5 Å². The number of nitrogens with one attached hydrogen (secondary N) is 1. The quantitative estimate of drug-likeness (QED) is 0.799. The highest BCUT2D eigenvalue weighted by Gasteiger charge is 2.32. The highest BCUT2D eigenvalue weighted by molar-refractivity contribution is 5.93. The highest BCUT2D eigenvalue weighted by Crippen LogP contribution is 2.34. The maximum atomic E-state index is 13.1. The molecule has 0 bridgehead atoms. The summed E-state index contributed by atoms with van der Waals surface area (Å²) in [6, 6.07) is 13.6. The van der Waals surface area contributed by atoms with Gasteiger partial charge in [0.05, 0.1) is 6.04 Å². The van der Waals surface area contributed by atoms with Crippen molar-refractivity contribution in [1.29, 1.82) is 0 Å². The number of likely N-dealkylation sites (tertiary alicyclic amines) is 1. The van der Waals surface area contributed by atoms with Gasteiger partial charge in [-0.25, -0.2) is 0 Å². The van der Waals surface area contributed by atoms with E-state index >= 15 is 0 Å². The van der Waals surface area contributed by atoms with Crippen LogP contribution in [0.3, 0.4) is 0 Å². The van der Waals surface area contributed by atoms with Gasteiger partial charge >= 0.3 is 0 Å². The van der Waals surface area contributed by atoms with Crippen molar-refractivity contribution in [2.24, 2.45) is 5.92 Å². The molecule has 32 heavy (non-hydrogen) atoms. The number of hydrogen-bond acceptors (Lipinski definition) is 5. The molecule has 3 aliphatic heterocycles. The van der Waals surface area contributed by atoms with Gasteiger partial charge < -0.3 is 19.7 Å². The number of rotatable bonds is 4. The maximum Gasteiger partial charge on any atom is 0.239 e. The zero-order chi connectivity index (χ0) is 22.1. The predicted octanol–water partition coefficient (Wildman–Crippen LogP) is 3.04. The van der Waals surface area contributed by atoms with Gasteiger partial charge in [0.1, 0.15) is 0 Å². The number of benzene rings is 2. The van der Waals surface area contributed by atoms with Gasteiger partial charge in [0, 0.05) is 30.8 Å². The van der Waals surface area contributed by atoms with E-state index in [2.05, 4.69) is 28.4 Å². The van der Waals surface area contributed by atoms with Gasteiger partial charge in [-0.1, -0.05) is 24.3 Å². The topological polar surface area (TPSA) is 71.1 Å². The number of hydrogen-bond donors (Lipinski definition) is 1. The lowest BCUT2D eigenvalue weighted by molar-refractivity contribution is -0.138. The largest absolute Gasteiger partial charge is 0.454 e. The summed E-state index contributed by atoms with van der Waals surface area (Å²) in [6.07, 6.45) is 2.41. The third-order valence-electron chi connectivity index (χ3n) is 6.89. The molecule has 1 fully saturated rings. The van der Waals surface area contributed by atoms with E-state index in [4.69, 9.17) is 9.47 Å². The van der Waals surface area contributed by atoms with Crippen molar-refractivity contribution < 1.29 is 19.1 Å². The van der Waals surface area contributed by atoms with E-state index in [1.807, 2.05) is 30.0 Å². The van der Waals surface area contributed by atoms with E-state index in [1.54, 1.807) is 6.07 Å². The zero-order valence-electron chi connectivity index (χ0n) is 18.4. The van der Waals surface area contributed by atoms with Crippen molar-refractivity contribution in [1.82, 2.24) is 9.80 Å². The first-order chi connectivity index (χ1) is 15.6. The molecule has 5 rings (SSSR count). The molecular weight excluding hydrogens is 406 g/mol. The molecular formula is C25H29N3O4. The molecule has 7 heteroatoms. The van der Waals surface area contributed by atoms with Crippen LogP contribution >= 0.6 is 0 Å². The Morgan fingerprint density at radius 3 is 2.56 bits per heavy atom. The van der Waals surface area contributed by atoms with Crippen LogP contribution in [0.1, 0.15) is 30.9 Å². The van der Waals surface area contributed by atoms with Crippen LogP contribution in [-0.4, -0.2) is 54.1 Å². The summed E-state index contributed by atoms with van der Waals surface area (Å²) in [5.74, 6) is 1.51. The second-order valence-electron chi connectivity index (χ2n) is 8.82. The van der Waals surface area contributed by atoms with Crippen LogP contribution in [0, 0.1) is 5.92 Å². The van der Waals surface area contributed by atoms with Crippen LogP contribution in [0.25, 0.3) is 0 Å². The monoisotopic (exact) mass is 435 g/mol. The molecule has 1 saturated heterocycles. The van der Waals surface area contributed by atoms with Crippen LogP contribution in [0.15, 0.2) is 42.5 Å². The summed E-state index contributed by atoms with van der Waals surface area (Å²) in [4.78, 5) is 30.1. The van der Waals surface area contributed by atoms with Crippen molar-refractivity contribution in [2.45, 2.75) is 38.8 Å². The van der Waals surface area contributed by atoms with Crippen LogP contribution < -0.4 is 14.8 Å². The van der Waals surface area contributed by atoms with Crippen molar-refractivity contribution >= 4 is 17.5 Å². The van der Waals surface area contributed by atoms with E-state index in [-0.39, 0.29) is 30.6 Å². The summed E-state index contributed by atoms with van der Waals surface area (Å²) < 4.78 is 10.7. The first kappa shape index (κ1) is 20.8. The summed E-state index contributed by atoms with van der Waals surface area (Å²) in [6.45, 7) is 5.16. The van der Waals surface area contributed by atoms with Gasteiger partial charge in [0.2, 0.25) is 18.6 Å². The minimum absolute atomic E-state index is 0.0233. The van der Waals surface area contributed by atoms with Gasteiger partial charge in [0.25, 0.3) is 0 Å². The number of anilines is 1. The summed E-state index contributed by atoms with van der Waals surface area (Å²) in [7, 11) is 0. The van der Waals surface area contributed by atoms with Crippen molar-refractivity contribution in [3.05, 3.63) is 53.6 Å². The molecule has 2 aromatic carbocycles. The Morgan fingerprint density at radius 1 is 1.00 bits per heavy atom. The number of carbonyl (C=O) groups excluding carboxylic acids is 2. The third kappa shape index (κ3) is 4.17. The number of nitrogens with zero attached hydrogens (tertiary/aromatic N) is 2. The normalized spacial score (nSPS) is 19.3. The van der Waals surface area contributed by atoms with Crippen LogP contribution in [-0.2, 0) is 22.6 Å². The van der Waals surface area contributed by atoms with Crippen LogP contribution in [0.5, 0.6) is 11.5 Å². The Hall–Kier alpha value is -3.06. The molecule has 0 saturated carbocycles. The Balaban J connectivity index is 1.13. The number of piperidine rings is 1. The summed E-state index contributed by atoms with van der Waals surface area (Å²) in [5, 5.41) is 3.00. The molecule has 0 radical (unpaired) electrons. The van der Waals surface area contributed by atoms with Gasteiger partial charge in [-0.3, -0.25) is 14.5 Å². The molecule has 7 nitrogen and oxygen atoms in total. The fraction of sp³-hybridized carbons (Fsp3) is 0.440. The minimum Gasteiger partial charge on any atom is -0.454 e. The van der Waals surface area contributed by atoms with E-state index in [0.717, 1.165) is 44.6 Å². The van der Waals surface area contributed by atoms with Crippen LogP contribution in [0.4, 0.5) is 5.69 Å². The van der Waals surface area contributed by atoms with E-state index in [0.29, 0.717) is 18.0 Å². The molecule has 1 atom stereocenters. The maximum absolute atomic E-state index is 13.1. The Labute approximate surface area is 188 Å². The molecule has 2 aromatic rings. The highest BCUT2D eigenvalue weighted by atomic mass is 16.7. The second-order valence-corrected chi connectivity index (χ2v) is 8.82. The Bertz CT molecular complexity index is 1020. The summed E-state index contributed by atoms with van der Waals surface area (Å²) in [5.41, 5.74) is 3.31. The third-order valence-corrected chi connectivity index (χ3v) is 6.89. The predicted molar refractivity (Wildman–Crippen MR) is 121 cm³/mol. The van der Waals surface area contributed by atoms with Gasteiger partial charge in [-0.2, -0.15) is 0 Å². The molecule has 0 spiro atoms. The first-order valence-electron chi connectivity index (χ1n) is 11.4. The molecule has 0 aromatic heterocycles. The van der Waals surface area contributed by atoms with Crippen molar-refractivity contribution in [3.63, 3.8) is 0 Å². The molecule has 2 amide bonds. The fourth-order valence-corrected chi connectivity index (χ4v) is 4.87. The first-order valence-corrected chi connectivity index (χ1v) is 11.4. The van der Waals surface area contributed by atoms with Crippen molar-refractivity contribution in [3.8, 4) is 11.5 Å². The lowest BCUT2D eigenvalue weighted by atomic mass is 9.94. The summed E-state index contributed by atoms with van der Waals surface area (Å²) >= 11 is 0. The van der Waals surface area contributed by atoms with Crippen LogP contribution in [0.2, 0.25) is 0 Å². The molecule has 1 unspecified atom stereocenters. The number of carbonyl (C=O) groups is 2. The minimum atomic E-state index is -0.168. The smallest absolute Gasteiger partial charge is 0.239 e. The lowest BCUT2D eigenvalue weighted by Crippen LogP contribution is -2.51. The van der Waals surface area contributed by atoms with E-state index in [1.165, 1.54) is 11.1 Å². The molecule has 1 N–H and O–H groups in total. The SMILES string of the molecule is CC(C(=O)N1CCc2ccccc2C1)N1CCC(C(=O)Nc2ccc3c(c2)OCO3)CC1. The van der Waals surface area contributed by atoms with Gasteiger partial charge in [-0.15, -0.1) is 0 Å². The van der Waals surface area contributed by atoms with Crippen molar-refractivity contribution in [2.75, 3.05) is 31.7 Å². The Morgan fingerprint density at radius 2 is 1.75 bits per heavy atom. The molecule has 3 aliphatic rings. The molecule has 168 valence electrons. The zero-order valence-corrected chi connectivity index (χ0v) is 18.4. The van der Waals surface area contributed by atoms with Gasteiger partial charge in [-0.05, 0) is 62.5 Å².